The smallest absolute Gasteiger partial charge is 0.341 e. The van der Waals surface area contributed by atoms with Gasteiger partial charge in [-0.05, 0) is 12.1 Å². The molecule has 0 bridgehead atoms. The van der Waals surface area contributed by atoms with Gasteiger partial charge in [-0.25, -0.2) is 14.2 Å². The van der Waals surface area contributed by atoms with Crippen LogP contribution in [0, 0.1) is 5.82 Å². The van der Waals surface area contributed by atoms with Crippen LogP contribution in [-0.4, -0.2) is 15.4 Å². The molecule has 0 radical (unpaired) electrons. The van der Waals surface area contributed by atoms with Crippen LogP contribution >= 0.6 is 11.3 Å². The van der Waals surface area contributed by atoms with E-state index in [9.17, 15) is 14.0 Å². The summed E-state index contributed by atoms with van der Waals surface area (Å²) in [5, 5.41) is 1.73. The van der Waals surface area contributed by atoms with Gasteiger partial charge in [0.2, 0.25) is 0 Å². The van der Waals surface area contributed by atoms with Crippen LogP contribution in [0.25, 0.3) is 4.96 Å². The second-order valence-electron chi connectivity index (χ2n) is 4.20. The van der Waals surface area contributed by atoms with Gasteiger partial charge in [0.15, 0.2) is 4.96 Å². The monoisotopic (exact) mass is 304 g/mol. The molecule has 106 valence electrons. The molecule has 1 aromatic carbocycles. The Kier molecular flexibility index (Phi) is 3.49. The van der Waals surface area contributed by atoms with Crippen LogP contribution < -0.4 is 5.56 Å². The van der Waals surface area contributed by atoms with E-state index in [4.69, 9.17) is 4.74 Å². The summed E-state index contributed by atoms with van der Waals surface area (Å²) in [7, 11) is 0. The molecule has 0 aliphatic rings. The standard InChI is InChI=1S/C14H9FN2O3S/c15-11-4-2-1-3-10(11)13(19)20-8-9-7-12(18)17-5-6-21-14(17)16-9/h1-7H,8H2. The third kappa shape index (κ3) is 2.68. The molecule has 2 heterocycles. The maximum absolute atomic E-state index is 13.4. The van der Waals surface area contributed by atoms with Gasteiger partial charge in [-0.1, -0.05) is 12.1 Å². The molecule has 21 heavy (non-hydrogen) atoms. The van der Waals surface area contributed by atoms with Crippen molar-refractivity contribution in [1.29, 1.82) is 0 Å². The molecule has 7 heteroatoms. The lowest BCUT2D eigenvalue weighted by Crippen LogP contribution is -2.15. The lowest BCUT2D eigenvalue weighted by molar-refractivity contribution is 0.0462. The topological polar surface area (TPSA) is 60.7 Å². The van der Waals surface area contributed by atoms with E-state index >= 15 is 0 Å². The van der Waals surface area contributed by atoms with Crippen molar-refractivity contribution in [1.82, 2.24) is 9.38 Å². The number of hydrogen-bond acceptors (Lipinski definition) is 5. The first-order valence-electron chi connectivity index (χ1n) is 6.02. The van der Waals surface area contributed by atoms with E-state index in [0.717, 1.165) is 0 Å². The van der Waals surface area contributed by atoms with Crippen LogP contribution in [-0.2, 0) is 11.3 Å². The van der Waals surface area contributed by atoms with E-state index in [2.05, 4.69) is 4.98 Å². The van der Waals surface area contributed by atoms with Crippen LogP contribution in [0.3, 0.4) is 0 Å². The first-order chi connectivity index (χ1) is 10.1. The fourth-order valence-electron chi connectivity index (χ4n) is 1.81. The molecule has 0 saturated heterocycles. The van der Waals surface area contributed by atoms with Gasteiger partial charge in [-0.15, -0.1) is 11.3 Å². The summed E-state index contributed by atoms with van der Waals surface area (Å²) in [5.74, 6) is -1.44. The lowest BCUT2D eigenvalue weighted by atomic mass is 10.2. The molecule has 5 nitrogen and oxygen atoms in total. The first kappa shape index (κ1) is 13.4. The summed E-state index contributed by atoms with van der Waals surface area (Å²) < 4.78 is 19.8. The molecule has 0 amide bonds. The number of thiazole rings is 1. The molecule has 0 fully saturated rings. The van der Waals surface area contributed by atoms with Crippen molar-refractivity contribution < 1.29 is 13.9 Å². The van der Waals surface area contributed by atoms with Gasteiger partial charge in [-0.2, -0.15) is 0 Å². The number of carbonyl (C=O) groups excluding carboxylic acids is 1. The van der Waals surface area contributed by atoms with Crippen LogP contribution in [0.4, 0.5) is 4.39 Å². The van der Waals surface area contributed by atoms with E-state index in [0.29, 0.717) is 10.7 Å². The molecule has 0 N–H and O–H groups in total. The molecule has 3 rings (SSSR count). The highest BCUT2D eigenvalue weighted by molar-refractivity contribution is 7.15. The van der Waals surface area contributed by atoms with Crippen molar-refractivity contribution in [2.75, 3.05) is 0 Å². The predicted octanol–water partition coefficient (Wildman–Crippen LogP) is 2.25. The molecule has 0 saturated carbocycles. The van der Waals surface area contributed by atoms with E-state index < -0.39 is 11.8 Å². The minimum Gasteiger partial charge on any atom is -0.455 e. The molecule has 0 atom stereocenters. The largest absolute Gasteiger partial charge is 0.455 e. The summed E-state index contributed by atoms with van der Waals surface area (Å²) in [5.41, 5.74) is -0.0725. The maximum atomic E-state index is 13.4. The Bertz CT molecular complexity index is 872. The summed E-state index contributed by atoms with van der Waals surface area (Å²) >= 11 is 1.30. The van der Waals surface area contributed by atoms with Gasteiger partial charge in [0.25, 0.3) is 5.56 Å². The quantitative estimate of drug-likeness (QED) is 0.696. The Hall–Kier alpha value is -2.54. The number of hydrogen-bond donors (Lipinski definition) is 0. The van der Waals surface area contributed by atoms with E-state index in [-0.39, 0.29) is 17.7 Å². The van der Waals surface area contributed by atoms with Gasteiger partial charge in [0.1, 0.15) is 12.4 Å². The number of rotatable bonds is 3. The zero-order valence-electron chi connectivity index (χ0n) is 10.7. The fraction of sp³-hybridized carbons (Fsp3) is 0.0714. The van der Waals surface area contributed by atoms with Crippen molar-refractivity contribution in [3.8, 4) is 0 Å². The molecule has 0 aliphatic heterocycles. The summed E-state index contributed by atoms with van der Waals surface area (Å²) in [6.45, 7) is -0.184. The fourth-order valence-corrected chi connectivity index (χ4v) is 2.54. The third-order valence-electron chi connectivity index (χ3n) is 2.80. The van der Waals surface area contributed by atoms with Crippen molar-refractivity contribution >= 4 is 22.3 Å². The molecule has 0 spiro atoms. The summed E-state index contributed by atoms with van der Waals surface area (Å²) in [4.78, 5) is 28.2. The van der Waals surface area contributed by atoms with Gasteiger partial charge in [0.05, 0.1) is 11.3 Å². The molecule has 2 aromatic heterocycles. The predicted molar refractivity (Wildman–Crippen MR) is 74.9 cm³/mol. The molecular weight excluding hydrogens is 295 g/mol. The number of ether oxygens (including phenoxy) is 1. The number of fused-ring (bicyclic) bond motifs is 1. The van der Waals surface area contributed by atoms with Crippen LogP contribution in [0.1, 0.15) is 16.1 Å². The third-order valence-corrected chi connectivity index (χ3v) is 3.56. The van der Waals surface area contributed by atoms with Crippen molar-refractivity contribution in [2.45, 2.75) is 6.61 Å². The zero-order valence-corrected chi connectivity index (χ0v) is 11.5. The average Bonchev–Trinajstić information content (AvgIpc) is 2.94. The highest BCUT2D eigenvalue weighted by atomic mass is 32.1. The summed E-state index contributed by atoms with van der Waals surface area (Å²) in [6.07, 6.45) is 1.62. The van der Waals surface area contributed by atoms with E-state index in [1.54, 1.807) is 17.6 Å². The number of carbonyl (C=O) groups is 1. The van der Waals surface area contributed by atoms with Crippen molar-refractivity contribution in [3.05, 3.63) is 69.3 Å². The van der Waals surface area contributed by atoms with Crippen molar-refractivity contribution in [3.63, 3.8) is 0 Å². The first-order valence-corrected chi connectivity index (χ1v) is 6.90. The number of aromatic nitrogens is 2. The van der Waals surface area contributed by atoms with Crippen LogP contribution in [0.5, 0.6) is 0 Å². The molecular formula is C14H9FN2O3S. The second-order valence-corrected chi connectivity index (χ2v) is 5.07. The Morgan fingerprint density at radius 3 is 3.00 bits per heavy atom. The normalized spacial score (nSPS) is 10.7. The van der Waals surface area contributed by atoms with E-state index in [1.165, 1.54) is 40.0 Å². The highest BCUT2D eigenvalue weighted by Gasteiger charge is 2.13. The van der Waals surface area contributed by atoms with Crippen LogP contribution in [0.15, 0.2) is 46.7 Å². The van der Waals surface area contributed by atoms with Gasteiger partial charge < -0.3 is 4.74 Å². The van der Waals surface area contributed by atoms with Crippen molar-refractivity contribution in [2.24, 2.45) is 0 Å². The number of nitrogens with zero attached hydrogens (tertiary/aromatic N) is 2. The highest BCUT2D eigenvalue weighted by Crippen LogP contribution is 2.10. The maximum Gasteiger partial charge on any atom is 0.341 e. The Balaban J connectivity index is 1.79. The van der Waals surface area contributed by atoms with E-state index in [1.807, 2.05) is 0 Å². The Morgan fingerprint density at radius 2 is 2.19 bits per heavy atom. The Morgan fingerprint density at radius 1 is 1.38 bits per heavy atom. The SMILES string of the molecule is O=C(OCc1cc(=O)n2ccsc2n1)c1ccccc1F. The van der Waals surface area contributed by atoms with Gasteiger partial charge in [0, 0.05) is 17.6 Å². The number of esters is 1. The van der Waals surface area contributed by atoms with Gasteiger partial charge in [-0.3, -0.25) is 9.20 Å². The Labute approximate surface area is 122 Å². The molecule has 0 aliphatic carbocycles. The minimum atomic E-state index is -0.790. The second kappa shape index (κ2) is 5.45. The number of benzene rings is 1. The summed E-state index contributed by atoms with van der Waals surface area (Å²) in [6, 6.07) is 6.83. The minimum absolute atomic E-state index is 0.147. The lowest BCUT2D eigenvalue weighted by Gasteiger charge is -2.05. The molecule has 0 unspecified atom stereocenters. The zero-order chi connectivity index (χ0) is 14.8. The molecule has 3 aromatic rings. The average molecular weight is 304 g/mol. The van der Waals surface area contributed by atoms with Gasteiger partial charge >= 0.3 is 5.97 Å². The number of halogens is 1. The van der Waals surface area contributed by atoms with Crippen LogP contribution in [0.2, 0.25) is 0 Å².